The summed E-state index contributed by atoms with van der Waals surface area (Å²) in [7, 11) is 1.75. The first-order chi connectivity index (χ1) is 13.8. The van der Waals surface area contributed by atoms with E-state index in [1.165, 1.54) is 6.92 Å². The van der Waals surface area contributed by atoms with Crippen molar-refractivity contribution in [2.24, 2.45) is 7.05 Å². The molecule has 2 aromatic carbocycles. The molecule has 0 radical (unpaired) electrons. The first kappa shape index (κ1) is 20.0. The Hall–Kier alpha value is -3.74. The molecule has 148 valence electrons. The highest BCUT2D eigenvalue weighted by Gasteiger charge is 2.17. The molecule has 1 amide bonds. The number of Topliss-reactive ketones (excluding diaryl/α,β-unsaturated/α-hetero) is 1. The van der Waals surface area contributed by atoms with Crippen LogP contribution in [0, 0.1) is 0 Å². The third-order valence-electron chi connectivity index (χ3n) is 4.38. The van der Waals surface area contributed by atoms with Gasteiger partial charge in [-0.2, -0.15) is 0 Å². The van der Waals surface area contributed by atoms with Gasteiger partial charge in [-0.3, -0.25) is 14.4 Å². The summed E-state index contributed by atoms with van der Waals surface area (Å²) in [6, 6.07) is 13.2. The lowest BCUT2D eigenvalue weighted by Gasteiger charge is -2.15. The number of carbonyl (C=O) groups excluding carboxylic acids is 3. The molecule has 0 aliphatic heterocycles. The molecule has 29 heavy (non-hydrogen) atoms. The molecule has 0 aliphatic rings. The fourth-order valence-electron chi connectivity index (χ4n) is 2.69. The number of anilines is 1. The first-order valence-electron chi connectivity index (χ1n) is 9.06. The maximum Gasteiger partial charge on any atom is 0.265 e. The summed E-state index contributed by atoms with van der Waals surface area (Å²) in [6.45, 7) is 3.12. The van der Waals surface area contributed by atoms with Crippen LogP contribution in [-0.2, 0) is 11.8 Å². The molecule has 3 aromatic rings. The molecule has 0 saturated carbocycles. The van der Waals surface area contributed by atoms with Gasteiger partial charge in [0.25, 0.3) is 5.91 Å². The second kappa shape index (κ2) is 8.52. The number of aromatic nitrogens is 2. The maximum atomic E-state index is 12.4. The lowest BCUT2D eigenvalue weighted by Crippen LogP contribution is -2.30. The van der Waals surface area contributed by atoms with Gasteiger partial charge in [0.2, 0.25) is 5.78 Å². The van der Waals surface area contributed by atoms with Crippen LogP contribution >= 0.6 is 0 Å². The average molecular weight is 391 g/mol. The molecule has 7 nitrogen and oxygen atoms in total. The van der Waals surface area contributed by atoms with Gasteiger partial charge >= 0.3 is 0 Å². The van der Waals surface area contributed by atoms with Gasteiger partial charge < -0.3 is 14.6 Å². The minimum Gasteiger partial charge on any atom is -0.481 e. The van der Waals surface area contributed by atoms with E-state index < -0.39 is 6.10 Å². The van der Waals surface area contributed by atoms with E-state index in [4.69, 9.17) is 4.74 Å². The van der Waals surface area contributed by atoms with Crippen LogP contribution in [0.2, 0.25) is 0 Å². The van der Waals surface area contributed by atoms with Crippen LogP contribution in [0.1, 0.15) is 40.4 Å². The number of hydrogen-bond acceptors (Lipinski definition) is 5. The number of carbonyl (C=O) groups is 3. The Morgan fingerprint density at radius 3 is 2.17 bits per heavy atom. The molecule has 0 bridgehead atoms. The van der Waals surface area contributed by atoms with E-state index in [0.717, 1.165) is 0 Å². The summed E-state index contributed by atoms with van der Waals surface area (Å²) < 4.78 is 7.27. The average Bonchev–Trinajstić information content (AvgIpc) is 3.14. The van der Waals surface area contributed by atoms with Crippen molar-refractivity contribution in [3.05, 3.63) is 77.9 Å². The third-order valence-corrected chi connectivity index (χ3v) is 4.38. The molecule has 0 aliphatic carbocycles. The van der Waals surface area contributed by atoms with Crippen molar-refractivity contribution < 1.29 is 19.1 Å². The summed E-state index contributed by atoms with van der Waals surface area (Å²) in [5, 5.41) is 2.75. The molecular formula is C22H21N3O4. The van der Waals surface area contributed by atoms with E-state index in [9.17, 15) is 14.4 Å². The molecule has 1 unspecified atom stereocenters. The van der Waals surface area contributed by atoms with Gasteiger partial charge in [0, 0.05) is 36.3 Å². The topological polar surface area (TPSA) is 90.3 Å². The van der Waals surface area contributed by atoms with Crippen LogP contribution in [0.4, 0.5) is 5.69 Å². The van der Waals surface area contributed by atoms with Crippen molar-refractivity contribution in [2.45, 2.75) is 20.0 Å². The van der Waals surface area contributed by atoms with E-state index in [-0.39, 0.29) is 17.5 Å². The van der Waals surface area contributed by atoms with Crippen LogP contribution in [0.5, 0.6) is 5.75 Å². The number of amides is 1. The van der Waals surface area contributed by atoms with Gasteiger partial charge in [-0.25, -0.2) is 4.98 Å². The highest BCUT2D eigenvalue weighted by molar-refractivity contribution is 6.07. The lowest BCUT2D eigenvalue weighted by molar-refractivity contribution is -0.122. The molecule has 1 N–H and O–H groups in total. The van der Waals surface area contributed by atoms with Crippen LogP contribution < -0.4 is 10.1 Å². The maximum absolute atomic E-state index is 12.4. The summed E-state index contributed by atoms with van der Waals surface area (Å²) in [6.07, 6.45) is 2.53. The minimum absolute atomic E-state index is 0.0350. The zero-order valence-corrected chi connectivity index (χ0v) is 16.4. The molecule has 0 fully saturated rings. The number of rotatable bonds is 7. The molecule has 1 atom stereocenters. The van der Waals surface area contributed by atoms with Gasteiger partial charge in [0.05, 0.1) is 0 Å². The van der Waals surface area contributed by atoms with E-state index in [2.05, 4.69) is 10.3 Å². The monoisotopic (exact) mass is 391 g/mol. The first-order valence-corrected chi connectivity index (χ1v) is 9.06. The number of imidazole rings is 1. The van der Waals surface area contributed by atoms with Gasteiger partial charge in [0.15, 0.2) is 17.7 Å². The molecule has 7 heteroatoms. The SMILES string of the molecule is CC(=O)c1ccc(OC(C)C(=O)Nc2ccc(C(=O)c3nccn3C)cc2)cc1. The van der Waals surface area contributed by atoms with Gasteiger partial charge in [-0.1, -0.05) is 0 Å². The zero-order chi connectivity index (χ0) is 21.0. The fraction of sp³-hybridized carbons (Fsp3) is 0.182. The van der Waals surface area contributed by atoms with Crippen molar-refractivity contribution in [2.75, 3.05) is 5.32 Å². The summed E-state index contributed by atoms with van der Waals surface area (Å²) in [5.41, 5.74) is 1.61. The third kappa shape index (κ3) is 4.76. The normalized spacial score (nSPS) is 11.6. The Morgan fingerprint density at radius 2 is 1.62 bits per heavy atom. The standard InChI is InChI=1S/C22H21N3O4/c1-14(26)16-6-10-19(11-7-16)29-15(2)22(28)24-18-8-4-17(5-9-18)20(27)21-23-12-13-25(21)3/h4-13,15H,1-3H3,(H,24,28). The van der Waals surface area contributed by atoms with E-state index in [1.54, 1.807) is 79.5 Å². The van der Waals surface area contributed by atoms with Crippen molar-refractivity contribution in [1.82, 2.24) is 9.55 Å². The number of ketones is 2. The zero-order valence-electron chi connectivity index (χ0n) is 16.4. The van der Waals surface area contributed by atoms with E-state index in [0.29, 0.717) is 28.4 Å². The Labute approximate surface area is 168 Å². The van der Waals surface area contributed by atoms with Crippen molar-refractivity contribution in [3.63, 3.8) is 0 Å². The smallest absolute Gasteiger partial charge is 0.265 e. The van der Waals surface area contributed by atoms with Crippen LogP contribution in [-0.4, -0.2) is 33.1 Å². The number of nitrogens with one attached hydrogen (secondary N) is 1. The Bertz CT molecular complexity index is 1040. The van der Waals surface area contributed by atoms with Gasteiger partial charge in [-0.05, 0) is 62.4 Å². The second-order valence-electron chi connectivity index (χ2n) is 6.60. The predicted octanol–water partition coefficient (Wildman–Crippen LogP) is 3.26. The molecule has 3 rings (SSSR count). The number of nitrogens with zero attached hydrogens (tertiary/aromatic N) is 2. The highest BCUT2D eigenvalue weighted by atomic mass is 16.5. The molecule has 0 spiro atoms. The van der Waals surface area contributed by atoms with E-state index in [1.807, 2.05) is 0 Å². The van der Waals surface area contributed by atoms with Gasteiger partial charge in [-0.15, -0.1) is 0 Å². The number of hydrogen-bond donors (Lipinski definition) is 1. The summed E-state index contributed by atoms with van der Waals surface area (Å²) in [4.78, 5) is 40.2. The lowest BCUT2D eigenvalue weighted by atomic mass is 10.1. The number of aryl methyl sites for hydroxylation is 1. The Balaban J connectivity index is 1.60. The fourth-order valence-corrected chi connectivity index (χ4v) is 2.69. The van der Waals surface area contributed by atoms with Crippen molar-refractivity contribution in [1.29, 1.82) is 0 Å². The summed E-state index contributed by atoms with van der Waals surface area (Å²) in [5.74, 6) is 0.283. The highest BCUT2D eigenvalue weighted by Crippen LogP contribution is 2.16. The number of ether oxygens (including phenoxy) is 1. The quantitative estimate of drug-likeness (QED) is 0.625. The molecular weight excluding hydrogens is 370 g/mol. The molecule has 1 aromatic heterocycles. The summed E-state index contributed by atoms with van der Waals surface area (Å²) >= 11 is 0. The Morgan fingerprint density at radius 1 is 1.00 bits per heavy atom. The van der Waals surface area contributed by atoms with Crippen LogP contribution in [0.25, 0.3) is 0 Å². The minimum atomic E-state index is -0.743. The van der Waals surface area contributed by atoms with Crippen LogP contribution in [0.3, 0.4) is 0 Å². The molecule has 0 saturated heterocycles. The van der Waals surface area contributed by atoms with Gasteiger partial charge in [0.1, 0.15) is 5.75 Å². The number of benzene rings is 2. The van der Waals surface area contributed by atoms with Crippen molar-refractivity contribution in [3.8, 4) is 5.75 Å². The van der Waals surface area contributed by atoms with Crippen molar-refractivity contribution >= 4 is 23.2 Å². The second-order valence-corrected chi connectivity index (χ2v) is 6.60. The van der Waals surface area contributed by atoms with E-state index >= 15 is 0 Å². The molecule has 1 heterocycles. The predicted molar refractivity (Wildman–Crippen MR) is 108 cm³/mol. The van der Waals surface area contributed by atoms with Crippen LogP contribution in [0.15, 0.2) is 60.9 Å². The largest absolute Gasteiger partial charge is 0.481 e. The Kier molecular flexibility index (Phi) is 5.87.